The third kappa shape index (κ3) is 5.96. The predicted octanol–water partition coefficient (Wildman–Crippen LogP) is 6.33. The first-order valence-electron chi connectivity index (χ1n) is 12.7. The lowest BCUT2D eigenvalue weighted by atomic mass is 9.95. The standard InChI is InChI=1S/C28H28Cl4N4O5/c1-14-10-36(24-22(14)25(37)35-27(33)34-24)26-28(2,38-3)23(40-12-16-5-7-18(30)9-20(16)32)21(41-26)13-39-11-15-4-6-17(29)8-19(15)31/h4-10,21,23,26H,11-13H2,1-3H3,(H3,33,34,35,37)/t21-,23-,26?,28-/m1/s1. The average molecular weight is 642 g/mol. The summed E-state index contributed by atoms with van der Waals surface area (Å²) < 4.78 is 27.0. The zero-order valence-corrected chi connectivity index (χ0v) is 25.4. The SMILES string of the molecule is CO[C@@]1(C)C(n2cc(C)c3c(=O)[nH]c(N)nc32)O[C@H](COCc2ccc(Cl)cc2Cl)[C@H]1OCc1ccc(Cl)cc1Cl. The van der Waals surface area contributed by atoms with Crippen LogP contribution < -0.4 is 11.3 Å². The van der Waals surface area contributed by atoms with E-state index >= 15 is 0 Å². The normalized spacial score (nSPS) is 22.6. The maximum absolute atomic E-state index is 12.7. The van der Waals surface area contributed by atoms with E-state index in [1.54, 1.807) is 54.3 Å². The zero-order valence-electron chi connectivity index (χ0n) is 22.4. The number of benzene rings is 2. The first-order chi connectivity index (χ1) is 19.5. The van der Waals surface area contributed by atoms with Gasteiger partial charge in [-0.1, -0.05) is 58.5 Å². The molecular formula is C28H28Cl4N4O5. The number of aromatic nitrogens is 3. The number of hydrogen-bond acceptors (Lipinski definition) is 7. The number of nitrogens with two attached hydrogens (primary N) is 1. The van der Waals surface area contributed by atoms with Crippen molar-refractivity contribution in [1.29, 1.82) is 0 Å². The van der Waals surface area contributed by atoms with E-state index in [0.29, 0.717) is 36.7 Å². The first kappa shape index (κ1) is 30.1. The highest BCUT2D eigenvalue weighted by molar-refractivity contribution is 6.35. The Morgan fingerprint density at radius 2 is 1.71 bits per heavy atom. The Bertz CT molecular complexity index is 1640. The van der Waals surface area contributed by atoms with Gasteiger partial charge in [0.1, 0.15) is 17.8 Å². The minimum Gasteiger partial charge on any atom is -0.374 e. The van der Waals surface area contributed by atoms with Crippen LogP contribution in [0.5, 0.6) is 0 Å². The molecule has 0 saturated carbocycles. The number of fused-ring (bicyclic) bond motifs is 1. The molecule has 0 radical (unpaired) electrons. The Balaban J connectivity index is 1.48. The summed E-state index contributed by atoms with van der Waals surface area (Å²) in [6.07, 6.45) is -0.199. The number of ether oxygens (including phenoxy) is 4. The summed E-state index contributed by atoms with van der Waals surface area (Å²) in [5.74, 6) is -0.0103. The van der Waals surface area contributed by atoms with Gasteiger partial charge in [-0.15, -0.1) is 0 Å². The second kappa shape index (κ2) is 12.1. The van der Waals surface area contributed by atoms with Crippen molar-refractivity contribution >= 4 is 63.4 Å². The molecule has 1 fully saturated rings. The average Bonchev–Trinajstić information content (AvgIpc) is 3.38. The summed E-state index contributed by atoms with van der Waals surface area (Å²) in [7, 11) is 1.58. The molecule has 41 heavy (non-hydrogen) atoms. The topological polar surface area (TPSA) is 114 Å². The van der Waals surface area contributed by atoms with Crippen LogP contribution in [0.1, 0.15) is 29.8 Å². The third-order valence-electron chi connectivity index (χ3n) is 7.27. The van der Waals surface area contributed by atoms with Crippen molar-refractivity contribution < 1.29 is 18.9 Å². The molecule has 0 aliphatic carbocycles. The number of nitrogen functional groups attached to an aromatic ring is 1. The van der Waals surface area contributed by atoms with Crippen molar-refractivity contribution in [2.75, 3.05) is 19.5 Å². The Hall–Kier alpha value is -2.34. The van der Waals surface area contributed by atoms with Gasteiger partial charge in [0.15, 0.2) is 11.9 Å². The van der Waals surface area contributed by atoms with Crippen molar-refractivity contribution in [2.24, 2.45) is 0 Å². The van der Waals surface area contributed by atoms with E-state index in [1.165, 1.54) is 0 Å². The largest absolute Gasteiger partial charge is 0.374 e. The summed E-state index contributed by atoms with van der Waals surface area (Å²) in [5.41, 5.74) is 7.09. The van der Waals surface area contributed by atoms with Crippen LogP contribution in [0.25, 0.3) is 11.0 Å². The van der Waals surface area contributed by atoms with Gasteiger partial charge in [-0.2, -0.15) is 4.98 Å². The lowest BCUT2D eigenvalue weighted by Gasteiger charge is -2.34. The van der Waals surface area contributed by atoms with Crippen LogP contribution in [0.3, 0.4) is 0 Å². The summed E-state index contributed by atoms with van der Waals surface area (Å²) in [5, 5.41) is 2.44. The monoisotopic (exact) mass is 640 g/mol. The number of anilines is 1. The number of nitrogens with one attached hydrogen (secondary N) is 1. The van der Waals surface area contributed by atoms with E-state index in [4.69, 9.17) is 71.1 Å². The van der Waals surface area contributed by atoms with Crippen LogP contribution in [-0.4, -0.2) is 46.1 Å². The van der Waals surface area contributed by atoms with Gasteiger partial charge >= 0.3 is 0 Å². The highest BCUT2D eigenvalue weighted by Crippen LogP contribution is 2.44. The van der Waals surface area contributed by atoms with Crippen LogP contribution in [0.2, 0.25) is 20.1 Å². The summed E-state index contributed by atoms with van der Waals surface area (Å²) in [6.45, 7) is 4.21. The lowest BCUT2D eigenvalue weighted by Crippen LogP contribution is -2.47. The first-order valence-corrected chi connectivity index (χ1v) is 14.2. The Morgan fingerprint density at radius 1 is 1.07 bits per heavy atom. The van der Waals surface area contributed by atoms with Gasteiger partial charge in [0.25, 0.3) is 5.56 Å². The maximum atomic E-state index is 12.7. The van der Waals surface area contributed by atoms with Gasteiger partial charge in [0.05, 0.1) is 25.2 Å². The molecule has 3 heterocycles. The van der Waals surface area contributed by atoms with Gasteiger partial charge in [0.2, 0.25) is 5.95 Å². The molecule has 13 heteroatoms. The number of rotatable bonds is 9. The van der Waals surface area contributed by atoms with Gasteiger partial charge in [0, 0.05) is 33.4 Å². The Labute approximate surface area is 256 Å². The quantitative estimate of drug-likeness (QED) is 0.219. The number of methoxy groups -OCH3 is 1. The number of halogens is 4. The van der Waals surface area contributed by atoms with Crippen LogP contribution in [0, 0.1) is 6.92 Å². The molecule has 1 aliphatic heterocycles. The number of nitrogens with zero attached hydrogens (tertiary/aromatic N) is 2. The maximum Gasteiger partial charge on any atom is 0.262 e. The van der Waals surface area contributed by atoms with Crippen molar-refractivity contribution in [3.63, 3.8) is 0 Å². The molecule has 5 rings (SSSR count). The van der Waals surface area contributed by atoms with Crippen molar-refractivity contribution in [2.45, 2.75) is 51.1 Å². The lowest BCUT2D eigenvalue weighted by molar-refractivity contribution is -0.136. The number of aromatic amines is 1. The van der Waals surface area contributed by atoms with E-state index in [9.17, 15) is 4.79 Å². The van der Waals surface area contributed by atoms with Gasteiger partial charge < -0.3 is 29.2 Å². The van der Waals surface area contributed by atoms with E-state index in [0.717, 1.165) is 11.1 Å². The Kier molecular flexibility index (Phi) is 8.90. The van der Waals surface area contributed by atoms with Crippen LogP contribution in [0.15, 0.2) is 47.4 Å². The fourth-order valence-electron chi connectivity index (χ4n) is 5.12. The van der Waals surface area contributed by atoms with Crippen molar-refractivity contribution in [1.82, 2.24) is 14.5 Å². The molecule has 0 bridgehead atoms. The molecule has 9 nitrogen and oxygen atoms in total. The zero-order chi connectivity index (χ0) is 29.5. The van der Waals surface area contributed by atoms with Crippen LogP contribution >= 0.6 is 46.4 Å². The second-order valence-corrected chi connectivity index (χ2v) is 11.7. The van der Waals surface area contributed by atoms with Crippen molar-refractivity contribution in [3.8, 4) is 0 Å². The third-order valence-corrected chi connectivity index (χ3v) is 8.44. The molecule has 1 saturated heterocycles. The Morgan fingerprint density at radius 3 is 2.32 bits per heavy atom. The molecule has 218 valence electrons. The van der Waals surface area contributed by atoms with E-state index < -0.39 is 24.0 Å². The number of aryl methyl sites for hydroxylation is 1. The number of H-pyrrole nitrogens is 1. The minimum atomic E-state index is -1.05. The van der Waals surface area contributed by atoms with Gasteiger partial charge in [-0.05, 0) is 54.8 Å². The molecule has 2 aromatic heterocycles. The minimum absolute atomic E-state index is 0.0103. The molecule has 4 aromatic rings. The van der Waals surface area contributed by atoms with Gasteiger partial charge in [-0.3, -0.25) is 9.78 Å². The fourth-order valence-corrected chi connectivity index (χ4v) is 6.04. The summed E-state index contributed by atoms with van der Waals surface area (Å²) in [6, 6.07) is 10.4. The molecule has 3 N–H and O–H groups in total. The fraction of sp³-hybridized carbons (Fsp3) is 0.357. The molecule has 0 spiro atoms. The molecular weight excluding hydrogens is 614 g/mol. The second-order valence-electron chi connectivity index (χ2n) is 10.0. The van der Waals surface area contributed by atoms with Crippen LogP contribution in [-0.2, 0) is 32.2 Å². The smallest absolute Gasteiger partial charge is 0.262 e. The molecule has 1 aliphatic rings. The predicted molar refractivity (Wildman–Crippen MR) is 160 cm³/mol. The van der Waals surface area contributed by atoms with E-state index in [2.05, 4.69) is 9.97 Å². The van der Waals surface area contributed by atoms with Crippen molar-refractivity contribution in [3.05, 3.63) is 89.7 Å². The highest BCUT2D eigenvalue weighted by Gasteiger charge is 2.56. The highest BCUT2D eigenvalue weighted by atomic mass is 35.5. The molecule has 1 unspecified atom stereocenters. The summed E-state index contributed by atoms with van der Waals surface area (Å²) in [4.78, 5) is 19.7. The van der Waals surface area contributed by atoms with Crippen LogP contribution in [0.4, 0.5) is 5.95 Å². The molecule has 4 atom stereocenters. The molecule has 2 aromatic carbocycles. The number of hydrogen-bond donors (Lipinski definition) is 2. The summed E-state index contributed by atoms with van der Waals surface area (Å²) >= 11 is 24.9. The van der Waals surface area contributed by atoms with E-state index in [-0.39, 0.29) is 31.3 Å². The van der Waals surface area contributed by atoms with Gasteiger partial charge in [-0.25, -0.2) is 0 Å². The molecule has 0 amide bonds. The van der Waals surface area contributed by atoms with E-state index in [1.807, 2.05) is 13.8 Å².